The predicted molar refractivity (Wildman–Crippen MR) is 57.0 cm³/mol. The minimum atomic E-state index is -0.243. The molecule has 0 spiro atoms. The van der Waals surface area contributed by atoms with Gasteiger partial charge in [0.2, 0.25) is 0 Å². The molecular formula is C12H16FNO. The van der Waals surface area contributed by atoms with Gasteiger partial charge in [0, 0.05) is 24.1 Å². The lowest BCUT2D eigenvalue weighted by Crippen LogP contribution is -2.22. The van der Waals surface area contributed by atoms with Gasteiger partial charge in [0.15, 0.2) is 0 Å². The Morgan fingerprint density at radius 2 is 2.33 bits per heavy atom. The highest BCUT2D eigenvalue weighted by molar-refractivity contribution is 5.26. The summed E-state index contributed by atoms with van der Waals surface area (Å²) in [6.45, 7) is 3.26. The molecule has 0 radical (unpaired) electrons. The zero-order chi connectivity index (χ0) is 10.8. The Bertz CT molecular complexity index is 347. The first-order valence-corrected chi connectivity index (χ1v) is 5.28. The van der Waals surface area contributed by atoms with Crippen molar-refractivity contribution in [3.05, 3.63) is 35.1 Å². The summed E-state index contributed by atoms with van der Waals surface area (Å²) in [6, 6.07) is 4.97. The number of aryl methyl sites for hydroxylation is 1. The second kappa shape index (κ2) is 4.29. The maximum atomic E-state index is 13.6. The smallest absolute Gasteiger partial charge is 0.128 e. The minimum Gasteiger partial charge on any atom is -0.381 e. The molecule has 0 bridgehead atoms. The maximum absolute atomic E-state index is 13.6. The van der Waals surface area contributed by atoms with E-state index in [9.17, 15) is 4.39 Å². The molecule has 2 nitrogen and oxygen atoms in total. The van der Waals surface area contributed by atoms with E-state index < -0.39 is 0 Å². The third kappa shape index (κ3) is 2.19. The van der Waals surface area contributed by atoms with Gasteiger partial charge in [0.25, 0.3) is 0 Å². The molecule has 15 heavy (non-hydrogen) atoms. The van der Waals surface area contributed by atoms with Crippen LogP contribution in [0.15, 0.2) is 18.2 Å². The van der Waals surface area contributed by atoms with Crippen LogP contribution in [-0.4, -0.2) is 13.2 Å². The topological polar surface area (TPSA) is 35.2 Å². The van der Waals surface area contributed by atoms with Crippen molar-refractivity contribution in [3.63, 3.8) is 0 Å². The second-order valence-electron chi connectivity index (χ2n) is 4.17. The van der Waals surface area contributed by atoms with Crippen molar-refractivity contribution >= 4 is 0 Å². The van der Waals surface area contributed by atoms with E-state index in [0.717, 1.165) is 18.6 Å². The Hall–Kier alpha value is -0.930. The third-order valence-electron chi connectivity index (χ3n) is 2.99. The van der Waals surface area contributed by atoms with Gasteiger partial charge in [-0.25, -0.2) is 4.39 Å². The molecule has 1 heterocycles. The molecule has 0 aromatic heterocycles. The Morgan fingerprint density at radius 3 is 2.93 bits per heavy atom. The van der Waals surface area contributed by atoms with Crippen molar-refractivity contribution in [1.82, 2.24) is 0 Å². The molecule has 1 saturated heterocycles. The Kier molecular flexibility index (Phi) is 3.03. The summed E-state index contributed by atoms with van der Waals surface area (Å²) in [5, 5.41) is 0. The number of hydrogen-bond acceptors (Lipinski definition) is 2. The van der Waals surface area contributed by atoms with Gasteiger partial charge in [-0.1, -0.05) is 12.1 Å². The van der Waals surface area contributed by atoms with Crippen LogP contribution < -0.4 is 5.73 Å². The number of benzene rings is 1. The average molecular weight is 209 g/mol. The largest absolute Gasteiger partial charge is 0.381 e. The highest BCUT2D eigenvalue weighted by Gasteiger charge is 2.25. The summed E-state index contributed by atoms with van der Waals surface area (Å²) in [6.07, 6.45) is 0.925. The fourth-order valence-corrected chi connectivity index (χ4v) is 1.99. The van der Waals surface area contributed by atoms with E-state index in [4.69, 9.17) is 10.5 Å². The molecule has 2 rings (SSSR count). The summed E-state index contributed by atoms with van der Waals surface area (Å²) in [4.78, 5) is 0. The quantitative estimate of drug-likeness (QED) is 0.810. The van der Waals surface area contributed by atoms with Crippen molar-refractivity contribution < 1.29 is 9.13 Å². The molecule has 0 amide bonds. The van der Waals surface area contributed by atoms with Gasteiger partial charge in [0.1, 0.15) is 5.82 Å². The molecule has 1 aliphatic heterocycles. The Morgan fingerprint density at radius 1 is 1.53 bits per heavy atom. The molecule has 0 saturated carbocycles. The van der Waals surface area contributed by atoms with E-state index in [1.165, 1.54) is 6.07 Å². The number of nitrogens with two attached hydrogens (primary N) is 1. The van der Waals surface area contributed by atoms with Gasteiger partial charge in [-0.3, -0.25) is 0 Å². The van der Waals surface area contributed by atoms with Crippen LogP contribution >= 0.6 is 0 Å². The fraction of sp³-hybridized carbons (Fsp3) is 0.500. The number of halogens is 1. The molecule has 0 aliphatic carbocycles. The zero-order valence-corrected chi connectivity index (χ0v) is 8.87. The van der Waals surface area contributed by atoms with E-state index >= 15 is 0 Å². The standard InChI is InChI=1S/C12H16FNO/c1-8-2-3-10(11(13)6-8)12(14)9-4-5-15-7-9/h2-3,6,9,12H,4-5,7,14H2,1H3. The van der Waals surface area contributed by atoms with Crippen molar-refractivity contribution in [1.29, 1.82) is 0 Å². The molecule has 2 N–H and O–H groups in total. The van der Waals surface area contributed by atoms with Crippen molar-refractivity contribution in [2.75, 3.05) is 13.2 Å². The molecule has 2 unspecified atom stereocenters. The second-order valence-corrected chi connectivity index (χ2v) is 4.17. The molecule has 2 atom stereocenters. The van der Waals surface area contributed by atoms with E-state index in [1.807, 2.05) is 13.0 Å². The molecule has 82 valence electrons. The monoisotopic (exact) mass is 209 g/mol. The normalized spacial score (nSPS) is 23.0. The lowest BCUT2D eigenvalue weighted by atomic mass is 9.92. The molecular weight excluding hydrogens is 193 g/mol. The summed E-state index contributed by atoms with van der Waals surface area (Å²) in [5.41, 5.74) is 7.56. The minimum absolute atomic E-state index is 0.200. The maximum Gasteiger partial charge on any atom is 0.128 e. The van der Waals surface area contributed by atoms with Crippen LogP contribution in [0.3, 0.4) is 0 Å². The first-order chi connectivity index (χ1) is 7.18. The van der Waals surface area contributed by atoms with E-state index in [0.29, 0.717) is 12.2 Å². The Balaban J connectivity index is 2.20. The van der Waals surface area contributed by atoms with Crippen LogP contribution in [0, 0.1) is 18.7 Å². The predicted octanol–water partition coefficient (Wildman–Crippen LogP) is 2.17. The van der Waals surface area contributed by atoms with Crippen molar-refractivity contribution in [2.45, 2.75) is 19.4 Å². The van der Waals surface area contributed by atoms with Gasteiger partial charge >= 0.3 is 0 Å². The first kappa shape index (κ1) is 10.6. The zero-order valence-electron chi connectivity index (χ0n) is 8.87. The van der Waals surface area contributed by atoms with Gasteiger partial charge < -0.3 is 10.5 Å². The summed E-state index contributed by atoms with van der Waals surface area (Å²) >= 11 is 0. The molecule has 3 heteroatoms. The third-order valence-corrected chi connectivity index (χ3v) is 2.99. The first-order valence-electron chi connectivity index (χ1n) is 5.28. The van der Waals surface area contributed by atoms with E-state index in [-0.39, 0.29) is 17.8 Å². The van der Waals surface area contributed by atoms with Gasteiger partial charge in [0.05, 0.1) is 6.61 Å². The van der Waals surface area contributed by atoms with Crippen LogP contribution in [0.4, 0.5) is 4.39 Å². The number of ether oxygens (including phenoxy) is 1. The van der Waals surface area contributed by atoms with Crippen LogP contribution in [-0.2, 0) is 4.74 Å². The Labute approximate surface area is 89.2 Å². The fourth-order valence-electron chi connectivity index (χ4n) is 1.99. The van der Waals surface area contributed by atoms with Gasteiger partial charge in [-0.05, 0) is 25.0 Å². The molecule has 1 aromatic carbocycles. The van der Waals surface area contributed by atoms with E-state index in [2.05, 4.69) is 0 Å². The van der Waals surface area contributed by atoms with Gasteiger partial charge in [-0.2, -0.15) is 0 Å². The van der Waals surface area contributed by atoms with Crippen molar-refractivity contribution in [3.8, 4) is 0 Å². The average Bonchev–Trinajstić information content (AvgIpc) is 2.69. The van der Waals surface area contributed by atoms with Crippen LogP contribution in [0.25, 0.3) is 0 Å². The summed E-state index contributed by atoms with van der Waals surface area (Å²) in [7, 11) is 0. The van der Waals surface area contributed by atoms with Crippen LogP contribution in [0.1, 0.15) is 23.6 Å². The highest BCUT2D eigenvalue weighted by atomic mass is 19.1. The van der Waals surface area contributed by atoms with Crippen LogP contribution in [0.2, 0.25) is 0 Å². The molecule has 1 aromatic rings. The SMILES string of the molecule is Cc1ccc(C(N)C2CCOC2)c(F)c1. The lowest BCUT2D eigenvalue weighted by molar-refractivity contribution is 0.180. The van der Waals surface area contributed by atoms with Crippen LogP contribution in [0.5, 0.6) is 0 Å². The molecule has 1 aliphatic rings. The van der Waals surface area contributed by atoms with E-state index in [1.54, 1.807) is 6.07 Å². The van der Waals surface area contributed by atoms with Gasteiger partial charge in [-0.15, -0.1) is 0 Å². The lowest BCUT2D eigenvalue weighted by Gasteiger charge is -2.18. The van der Waals surface area contributed by atoms with Crippen molar-refractivity contribution in [2.24, 2.45) is 11.7 Å². The number of hydrogen-bond donors (Lipinski definition) is 1. The summed E-state index contributed by atoms with van der Waals surface area (Å²) in [5.74, 6) is 0.0524. The highest BCUT2D eigenvalue weighted by Crippen LogP contribution is 2.28. The molecule has 1 fully saturated rings. The number of rotatable bonds is 2. The summed E-state index contributed by atoms with van der Waals surface area (Å²) < 4.78 is 18.9.